The van der Waals surface area contributed by atoms with E-state index < -0.39 is 0 Å². The summed E-state index contributed by atoms with van der Waals surface area (Å²) in [5.41, 5.74) is 0.587. The standard InChI is InChI=1S/C21H23N3O4S2/c1-27-21(26)17-10-15-16(29-17)11-18(30-15)24-7-8-28-14-9-13(12-22-19(14)24)20(25)23-5-3-2-4-6-23/h9-12,15-16H,2-8H2,1H3. The van der Waals surface area contributed by atoms with Gasteiger partial charge < -0.3 is 19.3 Å². The van der Waals surface area contributed by atoms with Crippen molar-refractivity contribution in [3.63, 3.8) is 0 Å². The number of carbonyl (C=O) groups is 2. The van der Waals surface area contributed by atoms with Gasteiger partial charge in [-0.1, -0.05) is 11.8 Å². The number of hydrogen-bond donors (Lipinski definition) is 0. The molecule has 0 saturated carbocycles. The Balaban J connectivity index is 1.33. The van der Waals surface area contributed by atoms with Gasteiger partial charge in [0.2, 0.25) is 0 Å². The summed E-state index contributed by atoms with van der Waals surface area (Å²) in [5, 5.41) is 1.54. The molecular weight excluding hydrogens is 422 g/mol. The highest BCUT2D eigenvalue weighted by Gasteiger charge is 2.39. The number of amides is 1. The smallest absolute Gasteiger partial charge is 0.344 e. The Bertz CT molecular complexity index is 942. The zero-order valence-electron chi connectivity index (χ0n) is 16.7. The number of likely N-dealkylation sites (tertiary alicyclic amines) is 1. The highest BCUT2D eigenvalue weighted by atomic mass is 32.2. The Hall–Kier alpha value is -2.13. The van der Waals surface area contributed by atoms with Crippen LogP contribution in [0.25, 0.3) is 0 Å². The van der Waals surface area contributed by atoms with Crippen LogP contribution >= 0.6 is 23.5 Å². The number of ether oxygens (including phenoxy) is 2. The molecule has 158 valence electrons. The molecule has 4 aliphatic heterocycles. The van der Waals surface area contributed by atoms with Gasteiger partial charge in [-0.3, -0.25) is 4.79 Å². The van der Waals surface area contributed by atoms with E-state index in [4.69, 9.17) is 9.47 Å². The number of piperidine rings is 1. The minimum atomic E-state index is -0.269. The molecule has 1 aromatic heterocycles. The van der Waals surface area contributed by atoms with Gasteiger partial charge in [-0.25, -0.2) is 9.78 Å². The molecule has 0 aromatic carbocycles. The van der Waals surface area contributed by atoms with Crippen molar-refractivity contribution in [3.05, 3.63) is 39.9 Å². The number of pyridine rings is 1. The second-order valence-electron chi connectivity index (χ2n) is 7.59. The highest BCUT2D eigenvalue weighted by molar-refractivity contribution is 8.09. The first-order valence-corrected chi connectivity index (χ1v) is 11.9. The van der Waals surface area contributed by atoms with Crippen molar-refractivity contribution in [1.82, 2.24) is 9.88 Å². The van der Waals surface area contributed by atoms with Crippen LogP contribution in [0.15, 0.2) is 34.3 Å². The first-order valence-electron chi connectivity index (χ1n) is 10.2. The van der Waals surface area contributed by atoms with Crippen LogP contribution in [0, 0.1) is 0 Å². The quantitative estimate of drug-likeness (QED) is 0.658. The number of hydrogen-bond acceptors (Lipinski definition) is 8. The van der Waals surface area contributed by atoms with E-state index in [1.54, 1.807) is 29.7 Å². The van der Waals surface area contributed by atoms with Crippen molar-refractivity contribution in [3.8, 4) is 5.75 Å². The fourth-order valence-corrected chi connectivity index (χ4v) is 6.97. The fourth-order valence-electron chi connectivity index (χ4n) is 4.13. The third-order valence-electron chi connectivity index (χ3n) is 5.67. The van der Waals surface area contributed by atoms with Gasteiger partial charge >= 0.3 is 5.97 Å². The van der Waals surface area contributed by atoms with E-state index >= 15 is 0 Å². The van der Waals surface area contributed by atoms with Crippen LogP contribution in [0.3, 0.4) is 0 Å². The summed E-state index contributed by atoms with van der Waals surface area (Å²) in [6.45, 7) is 2.87. The molecule has 0 N–H and O–H groups in total. The number of thioether (sulfide) groups is 2. The normalized spacial score (nSPS) is 25.1. The minimum absolute atomic E-state index is 0.0339. The van der Waals surface area contributed by atoms with Gasteiger partial charge in [0.1, 0.15) is 6.61 Å². The molecule has 0 radical (unpaired) electrons. The fraction of sp³-hybridized carbons (Fsp3) is 0.476. The molecule has 2 atom stereocenters. The Kier molecular flexibility index (Phi) is 5.41. The predicted molar refractivity (Wildman–Crippen MR) is 118 cm³/mol. The molecule has 0 spiro atoms. The van der Waals surface area contributed by atoms with Gasteiger partial charge in [0.15, 0.2) is 11.6 Å². The van der Waals surface area contributed by atoms with Crippen LogP contribution in [0.1, 0.15) is 29.6 Å². The third-order valence-corrected chi connectivity index (χ3v) is 8.40. The number of esters is 1. The topological polar surface area (TPSA) is 72.0 Å². The number of aromatic nitrogens is 1. The second-order valence-corrected chi connectivity index (χ2v) is 10.0. The van der Waals surface area contributed by atoms with E-state index in [0.717, 1.165) is 36.8 Å². The molecule has 5 heterocycles. The zero-order valence-corrected chi connectivity index (χ0v) is 18.3. The zero-order chi connectivity index (χ0) is 20.7. The van der Waals surface area contributed by atoms with Gasteiger partial charge in [0.25, 0.3) is 5.91 Å². The summed E-state index contributed by atoms with van der Waals surface area (Å²) < 4.78 is 10.7. The summed E-state index contributed by atoms with van der Waals surface area (Å²) in [7, 11) is 1.41. The number of nitrogens with zero attached hydrogens (tertiary/aromatic N) is 3. The first kappa shape index (κ1) is 19.8. The lowest BCUT2D eigenvalue weighted by Crippen LogP contribution is -2.36. The molecular formula is C21H23N3O4S2. The van der Waals surface area contributed by atoms with Gasteiger partial charge in [0, 0.05) is 29.8 Å². The molecule has 1 fully saturated rings. The number of anilines is 1. The molecule has 5 rings (SSSR count). The summed E-state index contributed by atoms with van der Waals surface area (Å²) in [5.74, 6) is 1.17. The first-order chi connectivity index (χ1) is 14.6. The van der Waals surface area contributed by atoms with Crippen LogP contribution in [-0.2, 0) is 9.53 Å². The lowest BCUT2D eigenvalue weighted by molar-refractivity contribution is -0.135. The van der Waals surface area contributed by atoms with E-state index in [2.05, 4.69) is 16.0 Å². The van der Waals surface area contributed by atoms with Crippen LogP contribution < -0.4 is 9.64 Å². The molecule has 7 nitrogen and oxygen atoms in total. The molecule has 1 aromatic rings. The van der Waals surface area contributed by atoms with E-state index in [1.165, 1.54) is 13.5 Å². The monoisotopic (exact) mass is 445 g/mol. The molecule has 4 aliphatic rings. The minimum Gasteiger partial charge on any atom is -0.488 e. The van der Waals surface area contributed by atoms with Crippen LogP contribution in [0.5, 0.6) is 5.75 Å². The Morgan fingerprint density at radius 1 is 1.13 bits per heavy atom. The van der Waals surface area contributed by atoms with E-state index in [-0.39, 0.29) is 22.4 Å². The molecule has 30 heavy (non-hydrogen) atoms. The van der Waals surface area contributed by atoms with E-state index in [9.17, 15) is 9.59 Å². The predicted octanol–water partition coefficient (Wildman–Crippen LogP) is 3.04. The summed E-state index contributed by atoms with van der Waals surface area (Å²) in [4.78, 5) is 34.0. The Morgan fingerprint density at radius 2 is 1.93 bits per heavy atom. The molecule has 1 amide bonds. The molecule has 0 aliphatic carbocycles. The molecule has 2 unspecified atom stereocenters. The summed E-state index contributed by atoms with van der Waals surface area (Å²) in [6, 6.07) is 1.83. The highest BCUT2D eigenvalue weighted by Crippen LogP contribution is 2.50. The van der Waals surface area contributed by atoms with Gasteiger partial charge in [-0.15, -0.1) is 11.8 Å². The van der Waals surface area contributed by atoms with Crippen molar-refractivity contribution in [2.24, 2.45) is 0 Å². The van der Waals surface area contributed by atoms with Gasteiger partial charge in [-0.05, 0) is 37.5 Å². The number of fused-ring (bicyclic) bond motifs is 2. The Labute approximate surface area is 183 Å². The molecule has 0 bridgehead atoms. The maximum absolute atomic E-state index is 12.8. The van der Waals surface area contributed by atoms with Crippen molar-refractivity contribution in [1.29, 1.82) is 0 Å². The van der Waals surface area contributed by atoms with Crippen molar-refractivity contribution in [2.45, 2.75) is 29.8 Å². The lowest BCUT2D eigenvalue weighted by Gasteiger charge is -2.31. The lowest BCUT2D eigenvalue weighted by atomic mass is 10.1. The van der Waals surface area contributed by atoms with Crippen LogP contribution in [0.4, 0.5) is 5.82 Å². The summed E-state index contributed by atoms with van der Waals surface area (Å²) in [6.07, 6.45) is 9.16. The average Bonchev–Trinajstić information content (AvgIpc) is 3.37. The SMILES string of the molecule is COC(=O)C1=CC2SC(N3CCOc4cc(C(=O)N5CCCCC5)cnc43)=CC2S1. The third kappa shape index (κ3) is 3.58. The second kappa shape index (κ2) is 8.19. The summed E-state index contributed by atoms with van der Waals surface area (Å²) >= 11 is 3.27. The average molecular weight is 446 g/mol. The van der Waals surface area contributed by atoms with E-state index in [0.29, 0.717) is 29.4 Å². The van der Waals surface area contributed by atoms with Crippen molar-refractivity contribution < 1.29 is 19.1 Å². The molecule has 9 heteroatoms. The van der Waals surface area contributed by atoms with Gasteiger partial charge in [-0.2, -0.15) is 0 Å². The van der Waals surface area contributed by atoms with Crippen molar-refractivity contribution >= 4 is 41.2 Å². The van der Waals surface area contributed by atoms with Gasteiger partial charge in [0.05, 0.1) is 29.2 Å². The number of rotatable bonds is 3. The number of carbonyl (C=O) groups excluding carboxylic acids is 2. The maximum atomic E-state index is 12.8. The molecule has 1 saturated heterocycles. The van der Waals surface area contributed by atoms with Crippen LogP contribution in [-0.4, -0.2) is 65.6 Å². The maximum Gasteiger partial charge on any atom is 0.344 e. The van der Waals surface area contributed by atoms with Crippen molar-refractivity contribution in [2.75, 3.05) is 38.3 Å². The largest absolute Gasteiger partial charge is 0.488 e. The number of methoxy groups -OCH3 is 1. The Morgan fingerprint density at radius 3 is 2.70 bits per heavy atom. The van der Waals surface area contributed by atoms with Crippen LogP contribution in [0.2, 0.25) is 0 Å². The van der Waals surface area contributed by atoms with E-state index in [1.807, 2.05) is 17.0 Å².